The van der Waals surface area contributed by atoms with Crippen molar-refractivity contribution in [2.45, 2.75) is 13.8 Å². The molecule has 0 bridgehead atoms. The van der Waals surface area contributed by atoms with Crippen molar-refractivity contribution >= 4 is 78.3 Å². The summed E-state index contributed by atoms with van der Waals surface area (Å²) in [5.41, 5.74) is 12.5. The van der Waals surface area contributed by atoms with E-state index in [2.05, 4.69) is 163 Å². The molecule has 0 amide bonds. The Labute approximate surface area is 277 Å². The van der Waals surface area contributed by atoms with E-state index >= 15 is 0 Å². The molecule has 6 aromatic carbocycles. The molecule has 5 heteroatoms. The molecular weight excluding hydrogens is 590 g/mol. The van der Waals surface area contributed by atoms with Gasteiger partial charge in [-0.2, -0.15) is 0 Å². The standard InChI is InChI=1S/C43H31N3O2/c1-28-13-9-11-19-37(28)45(30-15-5-3-6-16-30)32-21-23-34-36-27-41-42(44-43(36)48-39(34)25-32)35-24-22-33(26-40(35)47-41)46(31-17-7-4-8-18-31)38-20-12-10-14-29(38)2/h3-27H,1-2H3. The Hall–Kier alpha value is -6.33. The van der Waals surface area contributed by atoms with Gasteiger partial charge in [0, 0.05) is 57.0 Å². The maximum Gasteiger partial charge on any atom is 0.228 e. The number of anilines is 6. The van der Waals surface area contributed by atoms with E-state index in [9.17, 15) is 0 Å². The van der Waals surface area contributed by atoms with Gasteiger partial charge in [0.05, 0.1) is 5.39 Å². The average Bonchev–Trinajstić information content (AvgIpc) is 3.66. The average molecular weight is 622 g/mol. The number of nitrogens with zero attached hydrogens (tertiary/aromatic N) is 3. The number of rotatable bonds is 6. The van der Waals surface area contributed by atoms with Crippen LogP contribution in [0.25, 0.3) is 44.1 Å². The summed E-state index contributed by atoms with van der Waals surface area (Å²) in [6, 6.07) is 52.5. The Morgan fingerprint density at radius 1 is 0.417 bits per heavy atom. The molecule has 0 aliphatic heterocycles. The topological polar surface area (TPSA) is 45.7 Å². The molecule has 0 saturated carbocycles. The zero-order chi connectivity index (χ0) is 32.2. The first kappa shape index (κ1) is 27.9. The Morgan fingerprint density at radius 3 is 1.48 bits per heavy atom. The van der Waals surface area contributed by atoms with Gasteiger partial charge in [-0.1, -0.05) is 72.8 Å². The van der Waals surface area contributed by atoms with E-state index in [4.69, 9.17) is 13.8 Å². The third-order valence-electron chi connectivity index (χ3n) is 9.11. The highest BCUT2D eigenvalue weighted by atomic mass is 16.3. The van der Waals surface area contributed by atoms with Crippen LogP contribution in [0.1, 0.15) is 11.1 Å². The predicted octanol–water partition coefficient (Wildman–Crippen LogP) is 12.4. The van der Waals surface area contributed by atoms with Gasteiger partial charge in [-0.05, 0) is 91.7 Å². The van der Waals surface area contributed by atoms with Crippen LogP contribution in [0.5, 0.6) is 0 Å². The maximum absolute atomic E-state index is 6.52. The number of pyridine rings is 1. The molecule has 0 atom stereocenters. The van der Waals surface area contributed by atoms with Crippen LogP contribution in [0.3, 0.4) is 0 Å². The summed E-state index contributed by atoms with van der Waals surface area (Å²) < 4.78 is 13.0. The Balaban J connectivity index is 1.16. The van der Waals surface area contributed by atoms with Crippen LogP contribution in [0.4, 0.5) is 34.1 Å². The van der Waals surface area contributed by atoms with Gasteiger partial charge in [0.2, 0.25) is 5.71 Å². The van der Waals surface area contributed by atoms with E-state index in [-0.39, 0.29) is 0 Å². The second-order valence-corrected chi connectivity index (χ2v) is 12.2. The lowest BCUT2D eigenvalue weighted by Crippen LogP contribution is -2.10. The van der Waals surface area contributed by atoms with Gasteiger partial charge in [-0.15, -0.1) is 0 Å². The SMILES string of the molecule is Cc1ccccc1N(c1ccccc1)c1ccc2c(c1)oc1nc3c(cc12)oc1cc(N(c2ccccc2)c2ccccc2C)ccc13. The summed E-state index contributed by atoms with van der Waals surface area (Å²) in [4.78, 5) is 9.56. The predicted molar refractivity (Wildman–Crippen MR) is 198 cm³/mol. The number of furan rings is 2. The molecule has 0 unspecified atom stereocenters. The van der Waals surface area contributed by atoms with Crippen molar-refractivity contribution < 1.29 is 8.83 Å². The van der Waals surface area contributed by atoms with Crippen LogP contribution in [-0.4, -0.2) is 4.98 Å². The van der Waals surface area contributed by atoms with Crippen molar-refractivity contribution in [1.29, 1.82) is 0 Å². The highest BCUT2D eigenvalue weighted by molar-refractivity contribution is 6.12. The largest absolute Gasteiger partial charge is 0.454 e. The zero-order valence-corrected chi connectivity index (χ0v) is 26.6. The molecule has 230 valence electrons. The monoisotopic (exact) mass is 621 g/mol. The van der Waals surface area contributed by atoms with Gasteiger partial charge in [0.1, 0.15) is 16.7 Å². The van der Waals surface area contributed by atoms with E-state index in [0.29, 0.717) is 5.71 Å². The third kappa shape index (κ3) is 4.59. The number of fused-ring (bicyclic) bond motifs is 6. The van der Waals surface area contributed by atoms with Gasteiger partial charge in [0.15, 0.2) is 5.58 Å². The molecule has 9 aromatic rings. The van der Waals surface area contributed by atoms with Crippen molar-refractivity contribution in [3.05, 3.63) is 163 Å². The van der Waals surface area contributed by atoms with Crippen LogP contribution in [0.2, 0.25) is 0 Å². The number of hydrogen-bond donors (Lipinski definition) is 0. The Kier molecular flexibility index (Phi) is 6.51. The number of para-hydroxylation sites is 4. The molecule has 0 radical (unpaired) electrons. The molecule has 0 aliphatic carbocycles. The highest BCUT2D eigenvalue weighted by Gasteiger charge is 2.20. The van der Waals surface area contributed by atoms with Gasteiger partial charge in [-0.25, -0.2) is 4.98 Å². The molecular formula is C43H31N3O2. The quantitative estimate of drug-likeness (QED) is 0.185. The van der Waals surface area contributed by atoms with Gasteiger partial charge in [-0.3, -0.25) is 0 Å². The molecule has 0 saturated heterocycles. The fourth-order valence-corrected chi connectivity index (χ4v) is 6.77. The summed E-state index contributed by atoms with van der Waals surface area (Å²) in [5.74, 6) is 0. The summed E-state index contributed by atoms with van der Waals surface area (Å²) in [6.45, 7) is 4.28. The number of aryl methyl sites for hydroxylation is 2. The molecule has 48 heavy (non-hydrogen) atoms. The van der Waals surface area contributed by atoms with Gasteiger partial charge >= 0.3 is 0 Å². The van der Waals surface area contributed by atoms with Crippen LogP contribution in [0, 0.1) is 13.8 Å². The van der Waals surface area contributed by atoms with E-state index in [1.165, 1.54) is 11.1 Å². The highest BCUT2D eigenvalue weighted by Crippen LogP contribution is 2.42. The maximum atomic E-state index is 6.52. The van der Waals surface area contributed by atoms with E-state index < -0.39 is 0 Å². The zero-order valence-electron chi connectivity index (χ0n) is 26.6. The van der Waals surface area contributed by atoms with Crippen molar-refractivity contribution in [1.82, 2.24) is 4.98 Å². The summed E-state index contributed by atoms with van der Waals surface area (Å²) in [7, 11) is 0. The lowest BCUT2D eigenvalue weighted by atomic mass is 10.1. The third-order valence-corrected chi connectivity index (χ3v) is 9.11. The molecule has 0 aliphatic rings. The lowest BCUT2D eigenvalue weighted by Gasteiger charge is -2.26. The Morgan fingerprint density at radius 2 is 0.917 bits per heavy atom. The van der Waals surface area contributed by atoms with E-state index in [0.717, 1.165) is 72.5 Å². The first-order valence-electron chi connectivity index (χ1n) is 16.1. The molecule has 5 nitrogen and oxygen atoms in total. The van der Waals surface area contributed by atoms with Gasteiger partial charge in [0.25, 0.3) is 0 Å². The van der Waals surface area contributed by atoms with Crippen LogP contribution in [-0.2, 0) is 0 Å². The van der Waals surface area contributed by atoms with Crippen LogP contribution < -0.4 is 9.80 Å². The van der Waals surface area contributed by atoms with Crippen LogP contribution >= 0.6 is 0 Å². The summed E-state index contributed by atoms with van der Waals surface area (Å²) >= 11 is 0. The second kappa shape index (κ2) is 11.2. The van der Waals surface area contributed by atoms with Gasteiger partial charge < -0.3 is 18.6 Å². The number of hydrogen-bond acceptors (Lipinski definition) is 5. The summed E-state index contributed by atoms with van der Waals surface area (Å²) in [6.07, 6.45) is 0. The molecule has 3 heterocycles. The van der Waals surface area contributed by atoms with Crippen molar-refractivity contribution in [3.8, 4) is 0 Å². The van der Waals surface area contributed by atoms with Crippen molar-refractivity contribution in [2.75, 3.05) is 9.80 Å². The first-order valence-corrected chi connectivity index (χ1v) is 16.1. The van der Waals surface area contributed by atoms with Crippen molar-refractivity contribution in [3.63, 3.8) is 0 Å². The molecule has 9 rings (SSSR count). The normalized spacial score (nSPS) is 11.5. The van der Waals surface area contributed by atoms with E-state index in [1.807, 2.05) is 12.1 Å². The number of benzene rings is 6. The first-order chi connectivity index (χ1) is 23.6. The molecule has 0 spiro atoms. The Bertz CT molecular complexity index is 2420. The smallest absolute Gasteiger partial charge is 0.228 e. The van der Waals surface area contributed by atoms with Crippen LogP contribution in [0.15, 0.2) is 160 Å². The minimum absolute atomic E-state index is 0.592. The number of aromatic nitrogens is 1. The second-order valence-electron chi connectivity index (χ2n) is 12.2. The molecule has 0 N–H and O–H groups in total. The molecule has 3 aromatic heterocycles. The summed E-state index contributed by atoms with van der Waals surface area (Å²) in [5, 5.41) is 2.87. The fourth-order valence-electron chi connectivity index (χ4n) is 6.77. The lowest BCUT2D eigenvalue weighted by molar-refractivity contribution is 0.652. The van der Waals surface area contributed by atoms with E-state index in [1.54, 1.807) is 0 Å². The molecule has 0 fully saturated rings. The minimum Gasteiger partial charge on any atom is -0.454 e. The fraction of sp³-hybridized carbons (Fsp3) is 0.0465. The minimum atomic E-state index is 0.592. The van der Waals surface area contributed by atoms with Crippen molar-refractivity contribution in [2.24, 2.45) is 0 Å².